The molecule has 2 heterocycles. The van der Waals surface area contributed by atoms with Gasteiger partial charge in [0.15, 0.2) is 5.76 Å². The molecule has 0 aliphatic carbocycles. The van der Waals surface area contributed by atoms with Gasteiger partial charge in [-0.05, 0) is 24.3 Å². The van der Waals surface area contributed by atoms with E-state index < -0.39 is 5.97 Å². The van der Waals surface area contributed by atoms with E-state index in [2.05, 4.69) is 4.98 Å². The number of halogens is 1. The Hall–Kier alpha value is -2.49. The standard InChI is InChI=1S/C14H8FNO2/c15-11-6-2-1-4-9(11)8-12-13-10(14(17)18-12)5-3-7-16-13/h1-8H/b12-8-. The number of ether oxygens (including phenoxy) is 1. The molecular weight excluding hydrogens is 233 g/mol. The van der Waals surface area contributed by atoms with Crippen LogP contribution < -0.4 is 0 Å². The molecule has 0 bridgehead atoms. The van der Waals surface area contributed by atoms with Crippen LogP contribution in [0.4, 0.5) is 4.39 Å². The Labute approximate surface area is 103 Å². The minimum absolute atomic E-state index is 0.278. The molecule has 0 saturated carbocycles. The molecule has 18 heavy (non-hydrogen) atoms. The molecule has 0 spiro atoms. The molecule has 0 saturated heterocycles. The Bertz CT molecular complexity index is 664. The van der Waals surface area contributed by atoms with Crippen LogP contribution in [-0.2, 0) is 4.74 Å². The van der Waals surface area contributed by atoms with Gasteiger partial charge in [-0.1, -0.05) is 18.2 Å². The maximum Gasteiger partial charge on any atom is 0.345 e. The molecule has 1 aromatic heterocycles. The fourth-order valence-corrected chi connectivity index (χ4v) is 1.80. The van der Waals surface area contributed by atoms with Crippen molar-refractivity contribution in [2.75, 3.05) is 0 Å². The molecular formula is C14H8FNO2. The molecule has 2 aromatic rings. The fraction of sp³-hybridized carbons (Fsp3) is 0. The SMILES string of the molecule is O=C1O/C(=C\c2ccccc2F)c2ncccc21. The number of aromatic nitrogens is 1. The number of hydrogen-bond donors (Lipinski definition) is 0. The van der Waals surface area contributed by atoms with E-state index in [1.165, 1.54) is 12.1 Å². The van der Waals surface area contributed by atoms with Gasteiger partial charge >= 0.3 is 5.97 Å². The summed E-state index contributed by atoms with van der Waals surface area (Å²) in [7, 11) is 0. The van der Waals surface area contributed by atoms with Gasteiger partial charge in [-0.2, -0.15) is 0 Å². The number of cyclic esters (lactones) is 1. The van der Waals surface area contributed by atoms with Crippen LogP contribution in [0.25, 0.3) is 11.8 Å². The average Bonchev–Trinajstić information content (AvgIpc) is 2.70. The van der Waals surface area contributed by atoms with Crippen LogP contribution in [-0.4, -0.2) is 11.0 Å². The van der Waals surface area contributed by atoms with E-state index >= 15 is 0 Å². The lowest BCUT2D eigenvalue weighted by atomic mass is 10.1. The van der Waals surface area contributed by atoms with Crippen LogP contribution in [0.3, 0.4) is 0 Å². The molecule has 3 rings (SSSR count). The van der Waals surface area contributed by atoms with Crippen LogP contribution in [0.5, 0.6) is 0 Å². The van der Waals surface area contributed by atoms with E-state index in [0.717, 1.165) is 0 Å². The number of carbonyl (C=O) groups is 1. The van der Waals surface area contributed by atoms with E-state index in [1.54, 1.807) is 36.5 Å². The molecule has 1 aliphatic heterocycles. The third-order valence-electron chi connectivity index (χ3n) is 2.66. The second-order valence-electron chi connectivity index (χ2n) is 3.82. The quantitative estimate of drug-likeness (QED) is 0.720. The van der Waals surface area contributed by atoms with Crippen LogP contribution in [0.15, 0.2) is 42.6 Å². The largest absolute Gasteiger partial charge is 0.421 e. The zero-order valence-electron chi connectivity index (χ0n) is 9.26. The molecule has 0 N–H and O–H groups in total. The Balaban J connectivity index is 2.11. The summed E-state index contributed by atoms with van der Waals surface area (Å²) in [6.45, 7) is 0. The van der Waals surface area contributed by atoms with Gasteiger partial charge in [0.2, 0.25) is 0 Å². The van der Waals surface area contributed by atoms with Gasteiger partial charge in [0.25, 0.3) is 0 Å². The summed E-state index contributed by atoms with van der Waals surface area (Å²) in [5.74, 6) is -0.549. The summed E-state index contributed by atoms with van der Waals surface area (Å²) in [4.78, 5) is 15.6. The number of pyridine rings is 1. The number of benzene rings is 1. The Kier molecular flexibility index (Phi) is 2.41. The predicted molar refractivity (Wildman–Crippen MR) is 63.9 cm³/mol. The third-order valence-corrected chi connectivity index (χ3v) is 2.66. The van der Waals surface area contributed by atoms with Crippen molar-refractivity contribution in [1.82, 2.24) is 4.98 Å². The number of fused-ring (bicyclic) bond motifs is 1. The van der Waals surface area contributed by atoms with E-state index in [0.29, 0.717) is 16.8 Å². The molecule has 0 unspecified atom stereocenters. The van der Waals surface area contributed by atoms with Crippen molar-refractivity contribution in [1.29, 1.82) is 0 Å². The molecule has 3 nitrogen and oxygen atoms in total. The van der Waals surface area contributed by atoms with E-state index in [4.69, 9.17) is 4.74 Å². The van der Waals surface area contributed by atoms with Gasteiger partial charge in [0, 0.05) is 11.8 Å². The first-order valence-corrected chi connectivity index (χ1v) is 5.39. The first kappa shape index (κ1) is 10.7. The zero-order valence-corrected chi connectivity index (χ0v) is 9.26. The van der Waals surface area contributed by atoms with Crippen molar-refractivity contribution in [3.63, 3.8) is 0 Å². The lowest BCUT2D eigenvalue weighted by Gasteiger charge is -1.99. The van der Waals surface area contributed by atoms with Gasteiger partial charge in [-0.25, -0.2) is 9.18 Å². The lowest BCUT2D eigenvalue weighted by molar-refractivity contribution is 0.0717. The van der Waals surface area contributed by atoms with Crippen LogP contribution in [0, 0.1) is 5.82 Å². The van der Waals surface area contributed by atoms with Gasteiger partial charge in [-0.15, -0.1) is 0 Å². The van der Waals surface area contributed by atoms with Crippen molar-refractivity contribution in [2.45, 2.75) is 0 Å². The number of rotatable bonds is 1. The van der Waals surface area contributed by atoms with Gasteiger partial charge in [-0.3, -0.25) is 4.98 Å². The van der Waals surface area contributed by atoms with Gasteiger partial charge < -0.3 is 4.74 Å². The maximum absolute atomic E-state index is 13.5. The lowest BCUT2D eigenvalue weighted by Crippen LogP contribution is -1.92. The van der Waals surface area contributed by atoms with Crippen LogP contribution in [0.1, 0.15) is 21.6 Å². The van der Waals surface area contributed by atoms with Crippen molar-refractivity contribution in [2.24, 2.45) is 0 Å². The van der Waals surface area contributed by atoms with E-state index in [1.807, 2.05) is 0 Å². The molecule has 4 heteroatoms. The predicted octanol–water partition coefficient (Wildman–Crippen LogP) is 2.89. The summed E-state index contributed by atoms with van der Waals surface area (Å²) in [6.07, 6.45) is 3.04. The summed E-state index contributed by atoms with van der Waals surface area (Å²) in [6, 6.07) is 9.56. The Morgan fingerprint density at radius 3 is 2.83 bits per heavy atom. The molecule has 0 atom stereocenters. The number of hydrogen-bond acceptors (Lipinski definition) is 3. The van der Waals surface area contributed by atoms with E-state index in [9.17, 15) is 9.18 Å². The number of esters is 1. The van der Waals surface area contributed by atoms with Gasteiger partial charge in [0.05, 0.1) is 5.56 Å². The van der Waals surface area contributed by atoms with Crippen LogP contribution in [0.2, 0.25) is 0 Å². The number of nitrogens with zero attached hydrogens (tertiary/aromatic N) is 1. The normalized spacial score (nSPS) is 15.6. The topological polar surface area (TPSA) is 39.2 Å². The third kappa shape index (κ3) is 1.68. The van der Waals surface area contributed by atoms with Crippen molar-refractivity contribution in [3.05, 3.63) is 65.2 Å². The molecule has 0 fully saturated rings. The first-order chi connectivity index (χ1) is 8.75. The van der Waals surface area contributed by atoms with Crippen molar-refractivity contribution >= 4 is 17.8 Å². The highest BCUT2D eigenvalue weighted by Gasteiger charge is 2.27. The summed E-state index contributed by atoms with van der Waals surface area (Å²) in [5, 5.41) is 0. The minimum atomic E-state index is -0.458. The minimum Gasteiger partial charge on any atom is -0.421 e. The highest BCUT2D eigenvalue weighted by molar-refractivity contribution is 6.04. The van der Waals surface area contributed by atoms with Gasteiger partial charge in [0.1, 0.15) is 11.5 Å². The summed E-state index contributed by atoms with van der Waals surface area (Å²) < 4.78 is 18.6. The van der Waals surface area contributed by atoms with Crippen LogP contribution >= 0.6 is 0 Å². The monoisotopic (exact) mass is 241 g/mol. The summed E-state index contributed by atoms with van der Waals surface area (Å²) >= 11 is 0. The Morgan fingerprint density at radius 2 is 2.00 bits per heavy atom. The van der Waals surface area contributed by atoms with Crippen molar-refractivity contribution < 1.29 is 13.9 Å². The first-order valence-electron chi connectivity index (χ1n) is 5.39. The fourth-order valence-electron chi connectivity index (χ4n) is 1.80. The smallest absolute Gasteiger partial charge is 0.345 e. The highest BCUT2D eigenvalue weighted by Crippen LogP contribution is 2.29. The second kappa shape index (κ2) is 4.07. The molecule has 88 valence electrons. The van der Waals surface area contributed by atoms with E-state index in [-0.39, 0.29) is 11.6 Å². The maximum atomic E-state index is 13.5. The molecule has 1 aromatic carbocycles. The van der Waals surface area contributed by atoms with Crippen molar-refractivity contribution in [3.8, 4) is 0 Å². The zero-order chi connectivity index (χ0) is 12.5. The Morgan fingerprint density at radius 1 is 1.17 bits per heavy atom. The average molecular weight is 241 g/mol. The second-order valence-corrected chi connectivity index (χ2v) is 3.82. The molecule has 1 aliphatic rings. The molecule has 0 radical (unpaired) electrons. The number of carbonyl (C=O) groups excluding carboxylic acids is 1. The highest BCUT2D eigenvalue weighted by atomic mass is 19.1. The molecule has 0 amide bonds. The summed E-state index contributed by atoms with van der Waals surface area (Å²) in [5.41, 5.74) is 1.21.